The van der Waals surface area contributed by atoms with E-state index in [1.165, 1.54) is 12.1 Å². The number of hydrogen-bond donors (Lipinski definition) is 2. The molecule has 0 saturated carbocycles. The summed E-state index contributed by atoms with van der Waals surface area (Å²) in [4.78, 5) is 11.1. The minimum Gasteiger partial charge on any atom is -0.444 e. The SMILES string of the molecule is CN=C(NCc1nc(C)c(C)o1)NCC1CCN(c2ccccc2)C1.I. The Labute approximate surface area is 172 Å². The third-order valence-corrected chi connectivity index (χ3v) is 4.67. The van der Waals surface area contributed by atoms with E-state index < -0.39 is 0 Å². The molecule has 2 N–H and O–H groups in total. The summed E-state index contributed by atoms with van der Waals surface area (Å²) in [6.45, 7) is 7.51. The lowest BCUT2D eigenvalue weighted by Gasteiger charge is -2.19. The first-order valence-corrected chi connectivity index (χ1v) is 8.83. The standard InChI is InChI=1S/C19H27N5O.HI/c1-14-15(2)25-18(23-14)12-22-19(20-3)21-11-16-9-10-24(13-16)17-7-5-4-6-8-17;/h4-8,16H,9-13H2,1-3H3,(H2,20,21,22);1H. The van der Waals surface area contributed by atoms with Gasteiger partial charge in [0, 0.05) is 32.4 Å². The number of para-hydroxylation sites is 1. The van der Waals surface area contributed by atoms with Crippen molar-refractivity contribution in [3.8, 4) is 0 Å². The molecule has 1 aliphatic rings. The fourth-order valence-electron chi connectivity index (χ4n) is 3.11. The molecule has 7 heteroatoms. The molecule has 3 rings (SSSR count). The Balaban J connectivity index is 0.00000243. The zero-order chi connectivity index (χ0) is 17.6. The number of nitrogens with zero attached hydrogens (tertiary/aromatic N) is 3. The molecule has 1 unspecified atom stereocenters. The highest BCUT2D eigenvalue weighted by molar-refractivity contribution is 14.0. The summed E-state index contributed by atoms with van der Waals surface area (Å²) in [6, 6.07) is 10.6. The third-order valence-electron chi connectivity index (χ3n) is 4.67. The molecule has 1 aromatic carbocycles. The average Bonchev–Trinajstić information content (AvgIpc) is 3.23. The maximum Gasteiger partial charge on any atom is 0.214 e. The number of benzene rings is 1. The predicted molar refractivity (Wildman–Crippen MR) is 116 cm³/mol. The number of rotatable bonds is 5. The number of aryl methyl sites for hydroxylation is 2. The van der Waals surface area contributed by atoms with E-state index in [1.807, 2.05) is 13.8 Å². The average molecular weight is 469 g/mol. The fourth-order valence-corrected chi connectivity index (χ4v) is 3.11. The number of guanidine groups is 1. The Bertz CT molecular complexity index is 696. The Hall–Kier alpha value is -1.77. The summed E-state index contributed by atoms with van der Waals surface area (Å²) in [7, 11) is 1.78. The second-order valence-electron chi connectivity index (χ2n) is 6.49. The predicted octanol–water partition coefficient (Wildman–Crippen LogP) is 3.10. The van der Waals surface area contributed by atoms with E-state index >= 15 is 0 Å². The van der Waals surface area contributed by atoms with Crippen molar-refractivity contribution in [2.75, 3.05) is 31.6 Å². The molecule has 2 heterocycles. The van der Waals surface area contributed by atoms with Crippen LogP contribution in [0.5, 0.6) is 0 Å². The van der Waals surface area contributed by atoms with Gasteiger partial charge < -0.3 is 20.0 Å². The van der Waals surface area contributed by atoms with Crippen molar-refractivity contribution in [1.82, 2.24) is 15.6 Å². The summed E-state index contributed by atoms with van der Waals surface area (Å²) >= 11 is 0. The highest BCUT2D eigenvalue weighted by atomic mass is 127. The van der Waals surface area contributed by atoms with E-state index in [0.717, 1.165) is 37.0 Å². The number of hydrogen-bond acceptors (Lipinski definition) is 4. The van der Waals surface area contributed by atoms with Gasteiger partial charge in [0.1, 0.15) is 5.76 Å². The van der Waals surface area contributed by atoms with E-state index in [0.29, 0.717) is 18.4 Å². The Morgan fingerprint density at radius 3 is 2.69 bits per heavy atom. The molecule has 0 spiro atoms. The zero-order valence-corrected chi connectivity index (χ0v) is 18.0. The number of aromatic nitrogens is 1. The summed E-state index contributed by atoms with van der Waals surface area (Å²) < 4.78 is 5.59. The molecule has 0 aliphatic carbocycles. The van der Waals surface area contributed by atoms with Gasteiger partial charge in [0.05, 0.1) is 12.2 Å². The molecule has 0 amide bonds. The summed E-state index contributed by atoms with van der Waals surface area (Å²) in [5.74, 6) is 2.96. The van der Waals surface area contributed by atoms with E-state index in [1.54, 1.807) is 7.05 Å². The lowest BCUT2D eigenvalue weighted by Crippen LogP contribution is -2.40. The minimum absolute atomic E-state index is 0. The van der Waals surface area contributed by atoms with E-state index in [-0.39, 0.29) is 24.0 Å². The Morgan fingerprint density at radius 1 is 1.27 bits per heavy atom. The molecule has 26 heavy (non-hydrogen) atoms. The maximum atomic E-state index is 5.59. The molecule has 1 aromatic heterocycles. The number of oxazole rings is 1. The van der Waals surface area contributed by atoms with Crippen LogP contribution >= 0.6 is 24.0 Å². The monoisotopic (exact) mass is 469 g/mol. The van der Waals surface area contributed by atoms with Crippen LogP contribution in [0.1, 0.15) is 23.8 Å². The molecule has 1 fully saturated rings. The van der Waals surface area contributed by atoms with Gasteiger partial charge in [0.15, 0.2) is 5.96 Å². The zero-order valence-electron chi connectivity index (χ0n) is 15.7. The molecule has 0 radical (unpaired) electrons. The Kier molecular flexibility index (Phi) is 7.74. The highest BCUT2D eigenvalue weighted by Gasteiger charge is 2.22. The van der Waals surface area contributed by atoms with E-state index in [9.17, 15) is 0 Å². The summed E-state index contributed by atoms with van der Waals surface area (Å²) in [5.41, 5.74) is 2.24. The van der Waals surface area contributed by atoms with Crippen molar-refractivity contribution in [3.05, 3.63) is 47.7 Å². The van der Waals surface area contributed by atoms with Crippen molar-refractivity contribution in [2.24, 2.45) is 10.9 Å². The number of anilines is 1. The van der Waals surface area contributed by atoms with Crippen LogP contribution in [0.15, 0.2) is 39.7 Å². The quantitative estimate of drug-likeness (QED) is 0.401. The summed E-state index contributed by atoms with van der Waals surface area (Å²) in [5, 5.41) is 6.68. The number of halogens is 1. The molecule has 0 bridgehead atoms. The summed E-state index contributed by atoms with van der Waals surface area (Å²) in [6.07, 6.45) is 1.19. The van der Waals surface area contributed by atoms with E-state index in [4.69, 9.17) is 4.42 Å². The lowest BCUT2D eigenvalue weighted by atomic mass is 10.1. The van der Waals surface area contributed by atoms with Gasteiger partial charge >= 0.3 is 0 Å². The van der Waals surface area contributed by atoms with Gasteiger partial charge in [-0.1, -0.05) is 18.2 Å². The van der Waals surface area contributed by atoms with Gasteiger partial charge in [-0.2, -0.15) is 0 Å². The van der Waals surface area contributed by atoms with Crippen LogP contribution in [0.2, 0.25) is 0 Å². The van der Waals surface area contributed by atoms with Crippen molar-refractivity contribution in [1.29, 1.82) is 0 Å². The Morgan fingerprint density at radius 2 is 2.04 bits per heavy atom. The first-order chi connectivity index (χ1) is 12.2. The van der Waals surface area contributed by atoms with Crippen molar-refractivity contribution >= 4 is 35.6 Å². The van der Waals surface area contributed by atoms with Gasteiger partial charge in [-0.15, -0.1) is 24.0 Å². The van der Waals surface area contributed by atoms with Gasteiger partial charge in [-0.05, 0) is 38.3 Å². The third kappa shape index (κ3) is 5.36. The van der Waals surface area contributed by atoms with E-state index in [2.05, 4.69) is 55.8 Å². The molecule has 1 aliphatic heterocycles. The highest BCUT2D eigenvalue weighted by Crippen LogP contribution is 2.22. The van der Waals surface area contributed by atoms with Crippen LogP contribution in [0.4, 0.5) is 5.69 Å². The maximum absolute atomic E-state index is 5.59. The van der Waals surface area contributed by atoms with Crippen LogP contribution in [-0.4, -0.2) is 37.6 Å². The van der Waals surface area contributed by atoms with Crippen molar-refractivity contribution < 1.29 is 4.42 Å². The normalized spacial score (nSPS) is 17.1. The van der Waals surface area contributed by atoms with Crippen LogP contribution in [0, 0.1) is 19.8 Å². The second kappa shape index (κ2) is 9.80. The van der Waals surface area contributed by atoms with Gasteiger partial charge in [0.2, 0.25) is 5.89 Å². The molecular weight excluding hydrogens is 441 g/mol. The number of nitrogens with one attached hydrogen (secondary N) is 2. The van der Waals surface area contributed by atoms with Crippen LogP contribution in [0.25, 0.3) is 0 Å². The molecule has 1 atom stereocenters. The second-order valence-corrected chi connectivity index (χ2v) is 6.49. The molecule has 1 saturated heterocycles. The van der Waals surface area contributed by atoms with Crippen LogP contribution < -0.4 is 15.5 Å². The molecule has 6 nitrogen and oxygen atoms in total. The van der Waals surface area contributed by atoms with Crippen LogP contribution in [-0.2, 0) is 6.54 Å². The lowest BCUT2D eigenvalue weighted by molar-refractivity contribution is 0.463. The minimum atomic E-state index is 0. The topological polar surface area (TPSA) is 65.7 Å². The molecular formula is C19H28IN5O. The van der Waals surface area contributed by atoms with Gasteiger partial charge in [0.25, 0.3) is 0 Å². The molecule has 2 aromatic rings. The number of aliphatic imine (C=N–C) groups is 1. The first kappa shape index (κ1) is 20.5. The first-order valence-electron chi connectivity index (χ1n) is 8.83. The van der Waals surface area contributed by atoms with Gasteiger partial charge in [-0.3, -0.25) is 4.99 Å². The van der Waals surface area contributed by atoms with Crippen molar-refractivity contribution in [2.45, 2.75) is 26.8 Å². The van der Waals surface area contributed by atoms with Gasteiger partial charge in [-0.25, -0.2) is 4.98 Å². The van der Waals surface area contributed by atoms with Crippen molar-refractivity contribution in [3.63, 3.8) is 0 Å². The van der Waals surface area contributed by atoms with Crippen LogP contribution in [0.3, 0.4) is 0 Å². The largest absolute Gasteiger partial charge is 0.444 e. The fraction of sp³-hybridized carbons (Fsp3) is 0.474. The smallest absolute Gasteiger partial charge is 0.214 e. The molecule has 142 valence electrons.